The lowest BCUT2D eigenvalue weighted by atomic mass is 9.71. The van der Waals surface area contributed by atoms with Gasteiger partial charge in [0, 0.05) is 6.04 Å². The lowest BCUT2D eigenvalue weighted by Gasteiger charge is -2.36. The molecule has 2 fully saturated rings. The fourth-order valence-corrected chi connectivity index (χ4v) is 4.51. The van der Waals surface area contributed by atoms with Gasteiger partial charge in [0.15, 0.2) is 0 Å². The van der Waals surface area contributed by atoms with E-state index in [9.17, 15) is 0 Å². The average molecular weight is 292 g/mol. The summed E-state index contributed by atoms with van der Waals surface area (Å²) in [5.74, 6) is 2.90. The van der Waals surface area contributed by atoms with Crippen molar-refractivity contribution in [2.75, 3.05) is 6.54 Å². The Morgan fingerprint density at radius 3 is 2.80 bits per heavy atom. The molecule has 0 saturated heterocycles. The molecule has 1 aromatic heterocycles. The van der Waals surface area contributed by atoms with Crippen molar-refractivity contribution in [2.45, 2.75) is 64.3 Å². The Bertz CT molecular complexity index is 382. The van der Waals surface area contributed by atoms with E-state index in [-0.39, 0.29) is 0 Å². The zero-order valence-corrected chi connectivity index (χ0v) is 13.6. The normalized spacial score (nSPS) is 30.6. The minimum Gasteiger partial charge on any atom is -0.314 e. The van der Waals surface area contributed by atoms with Gasteiger partial charge in [-0.05, 0) is 85.2 Å². The van der Waals surface area contributed by atoms with Gasteiger partial charge in [-0.25, -0.2) is 0 Å². The standard InChI is InChI=1S/C18H29NS/c1-2-14-3-6-17(12-19-18-7-8-18)16(11-14)5-4-15-9-10-20-13-15/h9-10,13-14,16-19H,2-8,11-12H2,1H3. The topological polar surface area (TPSA) is 12.0 Å². The lowest BCUT2D eigenvalue weighted by Crippen LogP contribution is -2.34. The van der Waals surface area contributed by atoms with Crippen LogP contribution in [0.2, 0.25) is 0 Å². The van der Waals surface area contributed by atoms with Crippen molar-refractivity contribution in [3.05, 3.63) is 22.4 Å². The molecule has 2 heteroatoms. The first-order valence-corrected chi connectivity index (χ1v) is 9.54. The monoisotopic (exact) mass is 291 g/mol. The van der Waals surface area contributed by atoms with E-state index in [1.807, 2.05) is 11.3 Å². The number of nitrogens with one attached hydrogen (secondary N) is 1. The van der Waals surface area contributed by atoms with Gasteiger partial charge in [0.2, 0.25) is 0 Å². The number of rotatable bonds is 7. The van der Waals surface area contributed by atoms with E-state index in [1.165, 1.54) is 57.9 Å². The summed E-state index contributed by atoms with van der Waals surface area (Å²) in [6.45, 7) is 3.67. The molecule has 1 aromatic rings. The van der Waals surface area contributed by atoms with Crippen LogP contribution in [0.4, 0.5) is 0 Å². The summed E-state index contributed by atoms with van der Waals surface area (Å²) in [5.41, 5.74) is 1.56. The molecule has 3 unspecified atom stereocenters. The fourth-order valence-electron chi connectivity index (χ4n) is 3.81. The maximum absolute atomic E-state index is 3.78. The van der Waals surface area contributed by atoms with Crippen LogP contribution < -0.4 is 5.32 Å². The SMILES string of the molecule is CCC1CCC(CNC2CC2)C(CCc2ccsc2)C1. The maximum Gasteiger partial charge on any atom is 0.00683 e. The number of hydrogen-bond donors (Lipinski definition) is 1. The molecule has 0 aliphatic heterocycles. The zero-order valence-electron chi connectivity index (χ0n) is 12.8. The van der Waals surface area contributed by atoms with E-state index in [0.717, 1.165) is 23.8 Å². The third-order valence-corrected chi connectivity index (χ3v) is 6.19. The van der Waals surface area contributed by atoms with E-state index in [4.69, 9.17) is 0 Å². The van der Waals surface area contributed by atoms with E-state index >= 15 is 0 Å². The summed E-state index contributed by atoms with van der Waals surface area (Å²) in [4.78, 5) is 0. The van der Waals surface area contributed by atoms with Crippen LogP contribution in [0.5, 0.6) is 0 Å². The summed E-state index contributed by atoms with van der Waals surface area (Å²) in [5, 5.41) is 8.33. The number of thiophene rings is 1. The molecule has 1 N–H and O–H groups in total. The van der Waals surface area contributed by atoms with E-state index in [2.05, 4.69) is 29.1 Å². The second-order valence-electron chi connectivity index (χ2n) is 6.96. The van der Waals surface area contributed by atoms with Gasteiger partial charge >= 0.3 is 0 Å². The van der Waals surface area contributed by atoms with Crippen molar-refractivity contribution >= 4 is 11.3 Å². The Hall–Kier alpha value is -0.340. The van der Waals surface area contributed by atoms with Gasteiger partial charge in [-0.15, -0.1) is 0 Å². The van der Waals surface area contributed by atoms with Crippen LogP contribution in [0.1, 0.15) is 57.4 Å². The second-order valence-corrected chi connectivity index (χ2v) is 7.74. The van der Waals surface area contributed by atoms with Gasteiger partial charge in [0.25, 0.3) is 0 Å². The highest BCUT2D eigenvalue weighted by molar-refractivity contribution is 7.07. The minimum absolute atomic E-state index is 0.872. The summed E-state index contributed by atoms with van der Waals surface area (Å²) in [6, 6.07) is 3.18. The summed E-state index contributed by atoms with van der Waals surface area (Å²) >= 11 is 1.84. The molecule has 20 heavy (non-hydrogen) atoms. The highest BCUT2D eigenvalue weighted by Crippen LogP contribution is 2.38. The molecular formula is C18H29NS. The van der Waals surface area contributed by atoms with Crippen LogP contribution in [0.15, 0.2) is 16.8 Å². The van der Waals surface area contributed by atoms with Gasteiger partial charge < -0.3 is 5.32 Å². The molecule has 0 spiro atoms. The van der Waals surface area contributed by atoms with Gasteiger partial charge in [-0.2, -0.15) is 11.3 Å². The van der Waals surface area contributed by atoms with Crippen LogP contribution in [-0.4, -0.2) is 12.6 Å². The Kier molecular flexibility index (Phi) is 5.17. The molecule has 0 radical (unpaired) electrons. The first-order valence-electron chi connectivity index (χ1n) is 8.59. The number of hydrogen-bond acceptors (Lipinski definition) is 2. The van der Waals surface area contributed by atoms with Gasteiger partial charge in [0.05, 0.1) is 0 Å². The maximum atomic E-state index is 3.78. The smallest absolute Gasteiger partial charge is 0.00683 e. The molecule has 1 heterocycles. The Balaban J connectivity index is 1.52. The molecule has 0 bridgehead atoms. The molecule has 3 atom stereocenters. The van der Waals surface area contributed by atoms with Gasteiger partial charge in [-0.1, -0.05) is 19.8 Å². The van der Waals surface area contributed by atoms with Gasteiger partial charge in [-0.3, -0.25) is 0 Å². The molecule has 2 aliphatic rings. The third kappa shape index (κ3) is 4.08. The van der Waals surface area contributed by atoms with Crippen molar-refractivity contribution in [1.29, 1.82) is 0 Å². The van der Waals surface area contributed by atoms with Crippen LogP contribution in [0.25, 0.3) is 0 Å². The Morgan fingerprint density at radius 2 is 2.10 bits per heavy atom. The summed E-state index contributed by atoms with van der Waals surface area (Å²) < 4.78 is 0. The average Bonchev–Trinajstić information content (AvgIpc) is 3.17. The highest BCUT2D eigenvalue weighted by Gasteiger charge is 2.31. The molecule has 0 amide bonds. The van der Waals surface area contributed by atoms with E-state index in [1.54, 1.807) is 5.56 Å². The van der Waals surface area contributed by atoms with Crippen LogP contribution >= 0.6 is 11.3 Å². The largest absolute Gasteiger partial charge is 0.314 e. The highest BCUT2D eigenvalue weighted by atomic mass is 32.1. The van der Waals surface area contributed by atoms with Crippen molar-refractivity contribution in [3.63, 3.8) is 0 Å². The number of aryl methyl sites for hydroxylation is 1. The van der Waals surface area contributed by atoms with Crippen LogP contribution in [-0.2, 0) is 6.42 Å². The molecule has 1 nitrogen and oxygen atoms in total. The summed E-state index contributed by atoms with van der Waals surface area (Å²) in [6.07, 6.45) is 11.4. The molecule has 0 aromatic carbocycles. The second kappa shape index (κ2) is 7.09. The molecule has 2 saturated carbocycles. The molecular weight excluding hydrogens is 262 g/mol. The third-order valence-electron chi connectivity index (χ3n) is 5.46. The Morgan fingerprint density at radius 1 is 1.20 bits per heavy atom. The predicted molar refractivity (Wildman–Crippen MR) is 88.3 cm³/mol. The first kappa shape index (κ1) is 14.6. The predicted octanol–water partition coefficient (Wildman–Crippen LogP) is 4.88. The minimum atomic E-state index is 0.872. The van der Waals surface area contributed by atoms with Crippen LogP contribution in [0.3, 0.4) is 0 Å². The summed E-state index contributed by atoms with van der Waals surface area (Å²) in [7, 11) is 0. The van der Waals surface area contributed by atoms with Crippen molar-refractivity contribution in [3.8, 4) is 0 Å². The van der Waals surface area contributed by atoms with Gasteiger partial charge in [0.1, 0.15) is 0 Å². The quantitative estimate of drug-likeness (QED) is 0.755. The molecule has 3 rings (SSSR count). The lowest BCUT2D eigenvalue weighted by molar-refractivity contribution is 0.163. The van der Waals surface area contributed by atoms with Crippen molar-refractivity contribution in [1.82, 2.24) is 5.32 Å². The molecule has 2 aliphatic carbocycles. The Labute approximate surface area is 128 Å². The zero-order chi connectivity index (χ0) is 13.8. The fraction of sp³-hybridized carbons (Fsp3) is 0.778. The molecule has 112 valence electrons. The van der Waals surface area contributed by atoms with E-state index in [0.29, 0.717) is 0 Å². The van der Waals surface area contributed by atoms with Crippen molar-refractivity contribution in [2.24, 2.45) is 17.8 Å². The van der Waals surface area contributed by atoms with E-state index < -0.39 is 0 Å². The van der Waals surface area contributed by atoms with Crippen LogP contribution in [0, 0.1) is 17.8 Å². The first-order chi connectivity index (χ1) is 9.85. The van der Waals surface area contributed by atoms with Crippen molar-refractivity contribution < 1.29 is 0 Å².